The lowest BCUT2D eigenvalue weighted by Gasteiger charge is -2.31. The lowest BCUT2D eigenvalue weighted by molar-refractivity contribution is 0.0975. The number of aromatic nitrogens is 2. The van der Waals surface area contributed by atoms with Crippen LogP contribution < -0.4 is 10.2 Å². The van der Waals surface area contributed by atoms with Gasteiger partial charge in [0.15, 0.2) is 0 Å². The molecule has 0 unspecified atom stereocenters. The lowest BCUT2D eigenvalue weighted by atomic mass is 10.1. The highest BCUT2D eigenvalue weighted by atomic mass is 16.6. The Bertz CT molecular complexity index is 806. The first-order chi connectivity index (χ1) is 13.6. The summed E-state index contributed by atoms with van der Waals surface area (Å²) in [6.07, 6.45) is 2.85. The van der Waals surface area contributed by atoms with Crippen LogP contribution in [-0.4, -0.2) is 59.7 Å². The first-order valence-corrected chi connectivity index (χ1v) is 9.43. The number of hydrogen-bond acceptors (Lipinski definition) is 6. The number of benzene rings is 1. The molecule has 0 saturated carbocycles. The fraction of sp³-hybridized carbons (Fsp3) is 0.400. The summed E-state index contributed by atoms with van der Waals surface area (Å²) in [5.41, 5.74) is 1.12. The molecular weight excluding hydrogens is 358 g/mol. The summed E-state index contributed by atoms with van der Waals surface area (Å²) in [6.45, 7) is 3.41. The summed E-state index contributed by atoms with van der Waals surface area (Å²) in [5, 5.41) is 3.27. The van der Waals surface area contributed by atoms with Gasteiger partial charge in [0, 0.05) is 38.1 Å². The number of nitrogens with one attached hydrogen (secondary N) is 1. The summed E-state index contributed by atoms with van der Waals surface area (Å²) in [5.74, 6) is 0.218. The van der Waals surface area contributed by atoms with Crippen molar-refractivity contribution in [3.63, 3.8) is 0 Å². The molecule has 1 N–H and O–H groups in total. The van der Waals surface area contributed by atoms with E-state index >= 15 is 0 Å². The number of carbonyl (C=O) groups excluding carboxylic acids is 2. The molecule has 3 rings (SSSR count). The number of hydrogen-bond donors (Lipinski definition) is 1. The molecule has 148 valence electrons. The van der Waals surface area contributed by atoms with Crippen molar-refractivity contribution in [3.05, 3.63) is 48.3 Å². The van der Waals surface area contributed by atoms with Crippen molar-refractivity contribution < 1.29 is 14.3 Å². The topological polar surface area (TPSA) is 87.7 Å². The van der Waals surface area contributed by atoms with Crippen molar-refractivity contribution in [3.8, 4) is 0 Å². The second-order valence-electron chi connectivity index (χ2n) is 6.57. The van der Waals surface area contributed by atoms with Gasteiger partial charge in [-0.3, -0.25) is 4.79 Å². The SMILES string of the molecule is CCOC(=O)N1CCC(Nc2nccc(C(=O)N(C)c3ccccc3)n2)CC1. The van der Waals surface area contributed by atoms with E-state index in [1.165, 1.54) is 0 Å². The minimum atomic E-state index is -0.270. The molecule has 8 nitrogen and oxygen atoms in total. The van der Waals surface area contributed by atoms with E-state index in [1.54, 1.807) is 36.0 Å². The van der Waals surface area contributed by atoms with Crippen molar-refractivity contribution in [2.75, 3.05) is 37.0 Å². The Kier molecular flexibility index (Phi) is 6.41. The van der Waals surface area contributed by atoms with E-state index < -0.39 is 0 Å². The molecule has 2 aromatic rings. The highest BCUT2D eigenvalue weighted by Gasteiger charge is 2.24. The molecule has 8 heteroatoms. The third kappa shape index (κ3) is 4.76. The normalized spacial score (nSPS) is 14.4. The molecule has 1 aromatic carbocycles. The summed E-state index contributed by atoms with van der Waals surface area (Å²) in [4.78, 5) is 36.4. The van der Waals surface area contributed by atoms with Crippen LogP contribution in [0.15, 0.2) is 42.6 Å². The Morgan fingerprint density at radius 3 is 2.61 bits per heavy atom. The molecular formula is C20H25N5O3. The van der Waals surface area contributed by atoms with Gasteiger partial charge in [-0.25, -0.2) is 14.8 Å². The molecule has 0 spiro atoms. The minimum Gasteiger partial charge on any atom is -0.450 e. The zero-order chi connectivity index (χ0) is 19.9. The molecule has 0 atom stereocenters. The van der Waals surface area contributed by atoms with Gasteiger partial charge in [-0.2, -0.15) is 0 Å². The monoisotopic (exact) mass is 383 g/mol. The van der Waals surface area contributed by atoms with Crippen LogP contribution in [0.25, 0.3) is 0 Å². The number of piperidine rings is 1. The lowest BCUT2D eigenvalue weighted by Crippen LogP contribution is -2.42. The Balaban J connectivity index is 1.60. The maximum absolute atomic E-state index is 12.7. The van der Waals surface area contributed by atoms with E-state index in [0.717, 1.165) is 18.5 Å². The molecule has 0 aliphatic carbocycles. The number of nitrogens with zero attached hydrogens (tertiary/aromatic N) is 4. The summed E-state index contributed by atoms with van der Waals surface area (Å²) >= 11 is 0. The molecule has 2 heterocycles. The molecule has 1 aliphatic rings. The summed E-state index contributed by atoms with van der Waals surface area (Å²) in [6, 6.07) is 11.2. The fourth-order valence-corrected chi connectivity index (χ4v) is 3.09. The van der Waals surface area contributed by atoms with Crippen LogP contribution in [0.5, 0.6) is 0 Å². The highest BCUT2D eigenvalue weighted by Crippen LogP contribution is 2.17. The van der Waals surface area contributed by atoms with Crippen LogP contribution in [0.3, 0.4) is 0 Å². The smallest absolute Gasteiger partial charge is 0.409 e. The minimum absolute atomic E-state index is 0.142. The van der Waals surface area contributed by atoms with Crippen molar-refractivity contribution in [2.24, 2.45) is 0 Å². The third-order valence-electron chi connectivity index (χ3n) is 4.68. The van der Waals surface area contributed by atoms with Crippen molar-refractivity contribution in [1.82, 2.24) is 14.9 Å². The zero-order valence-electron chi connectivity index (χ0n) is 16.2. The van der Waals surface area contributed by atoms with Gasteiger partial charge in [-0.05, 0) is 38.0 Å². The Morgan fingerprint density at radius 2 is 1.93 bits per heavy atom. The van der Waals surface area contributed by atoms with Crippen LogP contribution in [-0.2, 0) is 4.74 Å². The predicted octanol–water partition coefficient (Wildman–Crippen LogP) is 2.79. The maximum atomic E-state index is 12.7. The number of para-hydroxylation sites is 1. The first kappa shape index (κ1) is 19.6. The van der Waals surface area contributed by atoms with Gasteiger partial charge in [0.1, 0.15) is 5.69 Å². The van der Waals surface area contributed by atoms with E-state index in [-0.39, 0.29) is 18.0 Å². The van der Waals surface area contributed by atoms with Crippen molar-refractivity contribution in [2.45, 2.75) is 25.8 Å². The van der Waals surface area contributed by atoms with Crippen LogP contribution >= 0.6 is 0 Å². The molecule has 1 aliphatic heterocycles. The number of amides is 2. The summed E-state index contributed by atoms with van der Waals surface area (Å²) in [7, 11) is 1.72. The largest absolute Gasteiger partial charge is 0.450 e. The van der Waals surface area contributed by atoms with Crippen molar-refractivity contribution in [1.29, 1.82) is 0 Å². The number of likely N-dealkylation sites (tertiary alicyclic amines) is 1. The molecule has 1 saturated heterocycles. The highest BCUT2D eigenvalue weighted by molar-refractivity contribution is 6.04. The molecule has 28 heavy (non-hydrogen) atoms. The Hall–Kier alpha value is -3.16. The van der Waals surface area contributed by atoms with Crippen LogP contribution in [0.1, 0.15) is 30.3 Å². The second kappa shape index (κ2) is 9.16. The van der Waals surface area contributed by atoms with E-state index in [9.17, 15) is 9.59 Å². The fourth-order valence-electron chi connectivity index (χ4n) is 3.09. The maximum Gasteiger partial charge on any atom is 0.409 e. The molecule has 1 aromatic heterocycles. The van der Waals surface area contributed by atoms with E-state index in [2.05, 4.69) is 15.3 Å². The average Bonchev–Trinajstić information content (AvgIpc) is 2.74. The van der Waals surface area contributed by atoms with Crippen molar-refractivity contribution >= 4 is 23.6 Å². The van der Waals surface area contributed by atoms with Gasteiger partial charge in [0.2, 0.25) is 5.95 Å². The van der Waals surface area contributed by atoms with E-state index in [0.29, 0.717) is 31.3 Å². The zero-order valence-corrected chi connectivity index (χ0v) is 16.2. The number of anilines is 2. The van der Waals surface area contributed by atoms with Gasteiger partial charge < -0.3 is 19.9 Å². The third-order valence-corrected chi connectivity index (χ3v) is 4.68. The first-order valence-electron chi connectivity index (χ1n) is 9.43. The van der Waals surface area contributed by atoms with Gasteiger partial charge >= 0.3 is 6.09 Å². The molecule has 0 bridgehead atoms. The van der Waals surface area contributed by atoms with E-state index in [4.69, 9.17) is 4.74 Å². The average molecular weight is 383 g/mol. The number of carbonyl (C=O) groups is 2. The Labute approximate surface area is 164 Å². The van der Waals surface area contributed by atoms with Crippen LogP contribution in [0.2, 0.25) is 0 Å². The van der Waals surface area contributed by atoms with Gasteiger partial charge in [0.05, 0.1) is 6.61 Å². The van der Waals surface area contributed by atoms with Gasteiger partial charge in [-0.1, -0.05) is 18.2 Å². The summed E-state index contributed by atoms with van der Waals surface area (Å²) < 4.78 is 5.04. The quantitative estimate of drug-likeness (QED) is 0.854. The van der Waals surface area contributed by atoms with Gasteiger partial charge in [-0.15, -0.1) is 0 Å². The molecule has 1 fully saturated rings. The van der Waals surface area contributed by atoms with Crippen LogP contribution in [0, 0.1) is 0 Å². The van der Waals surface area contributed by atoms with Crippen LogP contribution in [0.4, 0.5) is 16.4 Å². The second-order valence-corrected chi connectivity index (χ2v) is 6.57. The number of ether oxygens (including phenoxy) is 1. The van der Waals surface area contributed by atoms with E-state index in [1.807, 2.05) is 30.3 Å². The predicted molar refractivity (Wildman–Crippen MR) is 106 cm³/mol. The molecule has 2 amide bonds. The standard InChI is InChI=1S/C20H25N5O3/c1-3-28-20(27)25-13-10-15(11-14-25)22-19-21-12-9-17(23-19)18(26)24(2)16-7-5-4-6-8-16/h4-9,12,15H,3,10-11,13-14H2,1-2H3,(H,21,22,23). The number of rotatable bonds is 5. The van der Waals surface area contributed by atoms with Gasteiger partial charge in [0.25, 0.3) is 5.91 Å². The Morgan fingerprint density at radius 1 is 1.21 bits per heavy atom. The molecule has 0 radical (unpaired) electrons.